The van der Waals surface area contributed by atoms with E-state index >= 15 is 0 Å². The molecule has 0 spiro atoms. The summed E-state index contributed by atoms with van der Waals surface area (Å²) in [7, 11) is 0. The van der Waals surface area contributed by atoms with Gasteiger partial charge in [0.1, 0.15) is 5.75 Å². The highest BCUT2D eigenvalue weighted by Crippen LogP contribution is 2.34. The number of nitrogens with two attached hydrogens (primary N) is 1. The molecule has 1 aliphatic rings. The molecule has 1 saturated carbocycles. The number of aliphatic hydroxyl groups excluding tert-OH is 1. The molecule has 3 N–H and O–H groups in total. The van der Waals surface area contributed by atoms with Crippen molar-refractivity contribution in [2.75, 3.05) is 0 Å². The summed E-state index contributed by atoms with van der Waals surface area (Å²) in [6.45, 7) is -2.89. The van der Waals surface area contributed by atoms with Gasteiger partial charge in [0.25, 0.3) is 0 Å². The molecule has 1 aromatic rings. The fraction of sp³-hybridized carbons (Fsp3) is 0.600. The maximum absolute atomic E-state index is 12.4. The Morgan fingerprint density at radius 3 is 2.45 bits per heavy atom. The molecule has 2 rings (SSSR count). The van der Waals surface area contributed by atoms with E-state index in [9.17, 15) is 13.9 Å². The molecule has 0 aliphatic heterocycles. The SMILES string of the molecule is N[C@H](c1ccccc1OC(F)F)[C@@H](O)C1CCCCC1. The minimum Gasteiger partial charge on any atom is -0.434 e. The average Bonchev–Trinajstić information content (AvgIpc) is 2.46. The van der Waals surface area contributed by atoms with Crippen LogP contribution in [0.2, 0.25) is 0 Å². The third-order valence-electron chi connectivity index (χ3n) is 3.99. The number of hydrogen-bond donors (Lipinski definition) is 2. The molecule has 1 aromatic carbocycles. The molecule has 1 fully saturated rings. The van der Waals surface area contributed by atoms with Crippen molar-refractivity contribution in [3.05, 3.63) is 29.8 Å². The predicted molar refractivity (Wildman–Crippen MR) is 72.6 cm³/mol. The summed E-state index contributed by atoms with van der Waals surface area (Å²) in [4.78, 5) is 0. The summed E-state index contributed by atoms with van der Waals surface area (Å²) in [5.41, 5.74) is 6.51. The Kier molecular flexibility index (Phi) is 5.31. The number of aliphatic hydroxyl groups is 1. The molecule has 112 valence electrons. The van der Waals surface area contributed by atoms with Gasteiger partial charge in [-0.25, -0.2) is 0 Å². The van der Waals surface area contributed by atoms with Gasteiger partial charge < -0.3 is 15.6 Å². The first-order valence-corrected chi connectivity index (χ1v) is 7.07. The van der Waals surface area contributed by atoms with Crippen LogP contribution in [0.25, 0.3) is 0 Å². The maximum atomic E-state index is 12.4. The van der Waals surface area contributed by atoms with Crippen LogP contribution in [-0.2, 0) is 0 Å². The lowest BCUT2D eigenvalue weighted by molar-refractivity contribution is -0.0513. The second kappa shape index (κ2) is 6.99. The molecule has 1 aliphatic carbocycles. The number of para-hydroxylation sites is 1. The average molecular weight is 285 g/mol. The highest BCUT2D eigenvalue weighted by Gasteiger charge is 2.29. The van der Waals surface area contributed by atoms with E-state index < -0.39 is 18.8 Å². The zero-order chi connectivity index (χ0) is 14.5. The fourth-order valence-electron chi connectivity index (χ4n) is 2.91. The largest absolute Gasteiger partial charge is 0.434 e. The van der Waals surface area contributed by atoms with Gasteiger partial charge >= 0.3 is 6.61 Å². The Morgan fingerprint density at radius 2 is 1.80 bits per heavy atom. The summed E-state index contributed by atoms with van der Waals surface area (Å²) < 4.78 is 29.3. The van der Waals surface area contributed by atoms with Gasteiger partial charge in [-0.2, -0.15) is 8.78 Å². The molecule has 0 amide bonds. The van der Waals surface area contributed by atoms with Gasteiger partial charge in [0.15, 0.2) is 0 Å². The van der Waals surface area contributed by atoms with Crippen molar-refractivity contribution < 1.29 is 18.6 Å². The fourth-order valence-corrected chi connectivity index (χ4v) is 2.91. The quantitative estimate of drug-likeness (QED) is 0.873. The van der Waals surface area contributed by atoms with E-state index in [1.807, 2.05) is 0 Å². The standard InChI is InChI=1S/C15H21F2NO2/c16-15(17)20-12-9-5-4-8-11(12)13(18)14(19)10-6-2-1-3-7-10/h4-5,8-10,13-15,19H,1-3,6-7,18H2/t13-,14+/m1/s1. The lowest BCUT2D eigenvalue weighted by Gasteiger charge is -2.31. The van der Waals surface area contributed by atoms with Crippen LogP contribution in [0.3, 0.4) is 0 Å². The second-order valence-corrected chi connectivity index (χ2v) is 5.33. The van der Waals surface area contributed by atoms with Crippen LogP contribution < -0.4 is 10.5 Å². The van der Waals surface area contributed by atoms with Crippen molar-refractivity contribution in [2.24, 2.45) is 11.7 Å². The van der Waals surface area contributed by atoms with Crippen molar-refractivity contribution in [1.82, 2.24) is 0 Å². The van der Waals surface area contributed by atoms with Gasteiger partial charge in [0, 0.05) is 5.56 Å². The topological polar surface area (TPSA) is 55.5 Å². The number of rotatable bonds is 5. The summed E-state index contributed by atoms with van der Waals surface area (Å²) in [5, 5.41) is 10.4. The van der Waals surface area contributed by atoms with E-state index in [1.54, 1.807) is 18.2 Å². The molecule has 0 bridgehead atoms. The predicted octanol–water partition coefficient (Wildman–Crippen LogP) is 3.23. The van der Waals surface area contributed by atoms with Crippen LogP contribution in [0.4, 0.5) is 8.78 Å². The van der Waals surface area contributed by atoms with Crippen LogP contribution in [0.15, 0.2) is 24.3 Å². The van der Waals surface area contributed by atoms with Gasteiger partial charge in [-0.05, 0) is 24.8 Å². The Labute approximate surface area is 117 Å². The molecule has 20 heavy (non-hydrogen) atoms. The summed E-state index contributed by atoms with van der Waals surface area (Å²) in [6.07, 6.45) is 4.51. The lowest BCUT2D eigenvalue weighted by atomic mass is 9.81. The van der Waals surface area contributed by atoms with Crippen LogP contribution >= 0.6 is 0 Å². The molecule has 0 unspecified atom stereocenters. The molecular formula is C15H21F2NO2. The highest BCUT2D eigenvalue weighted by atomic mass is 19.3. The number of halogens is 2. The minimum atomic E-state index is -2.89. The van der Waals surface area contributed by atoms with Gasteiger partial charge in [0.05, 0.1) is 12.1 Å². The zero-order valence-electron chi connectivity index (χ0n) is 11.3. The first-order chi connectivity index (χ1) is 9.59. The molecular weight excluding hydrogens is 264 g/mol. The van der Waals surface area contributed by atoms with E-state index in [1.165, 1.54) is 12.5 Å². The molecule has 2 atom stereocenters. The van der Waals surface area contributed by atoms with Crippen LogP contribution in [0.1, 0.15) is 43.7 Å². The minimum absolute atomic E-state index is 0.0462. The number of ether oxygens (including phenoxy) is 1. The van der Waals surface area contributed by atoms with Crippen molar-refractivity contribution in [3.8, 4) is 5.75 Å². The van der Waals surface area contributed by atoms with Crippen LogP contribution in [0.5, 0.6) is 5.75 Å². The smallest absolute Gasteiger partial charge is 0.387 e. The van der Waals surface area contributed by atoms with Crippen LogP contribution in [-0.4, -0.2) is 17.8 Å². The zero-order valence-corrected chi connectivity index (χ0v) is 11.3. The maximum Gasteiger partial charge on any atom is 0.387 e. The molecule has 3 nitrogen and oxygen atoms in total. The molecule has 0 saturated heterocycles. The van der Waals surface area contributed by atoms with Gasteiger partial charge in [-0.1, -0.05) is 37.5 Å². The second-order valence-electron chi connectivity index (χ2n) is 5.33. The summed E-state index contributed by atoms with van der Waals surface area (Å²) >= 11 is 0. The Bertz CT molecular complexity index is 422. The molecule has 0 aromatic heterocycles. The first-order valence-electron chi connectivity index (χ1n) is 7.07. The summed E-state index contributed by atoms with van der Waals surface area (Å²) in [6, 6.07) is 5.71. The van der Waals surface area contributed by atoms with E-state index in [2.05, 4.69) is 4.74 Å². The monoisotopic (exact) mass is 285 g/mol. The third kappa shape index (κ3) is 3.67. The Balaban J connectivity index is 2.12. The Hall–Kier alpha value is -1.20. The van der Waals surface area contributed by atoms with E-state index in [0.29, 0.717) is 5.56 Å². The third-order valence-corrected chi connectivity index (χ3v) is 3.99. The van der Waals surface area contributed by atoms with Crippen molar-refractivity contribution in [3.63, 3.8) is 0 Å². The molecule has 0 radical (unpaired) electrons. The van der Waals surface area contributed by atoms with Gasteiger partial charge in [-0.3, -0.25) is 0 Å². The van der Waals surface area contributed by atoms with E-state index in [0.717, 1.165) is 25.7 Å². The number of hydrogen-bond acceptors (Lipinski definition) is 3. The van der Waals surface area contributed by atoms with Crippen molar-refractivity contribution >= 4 is 0 Å². The number of alkyl halides is 2. The lowest BCUT2D eigenvalue weighted by Crippen LogP contribution is -2.34. The Morgan fingerprint density at radius 1 is 1.15 bits per heavy atom. The van der Waals surface area contributed by atoms with Gasteiger partial charge in [-0.15, -0.1) is 0 Å². The van der Waals surface area contributed by atoms with Gasteiger partial charge in [0.2, 0.25) is 0 Å². The van der Waals surface area contributed by atoms with Crippen LogP contribution in [0, 0.1) is 5.92 Å². The summed E-state index contributed by atoms with van der Waals surface area (Å²) in [5.74, 6) is 0.184. The highest BCUT2D eigenvalue weighted by molar-refractivity contribution is 5.36. The van der Waals surface area contributed by atoms with Crippen molar-refractivity contribution in [1.29, 1.82) is 0 Å². The van der Waals surface area contributed by atoms with E-state index in [4.69, 9.17) is 5.73 Å². The first kappa shape index (κ1) is 15.2. The molecule has 5 heteroatoms. The van der Waals surface area contributed by atoms with Crippen molar-refractivity contribution in [2.45, 2.75) is 50.9 Å². The number of benzene rings is 1. The normalized spacial score (nSPS) is 19.9. The molecule has 0 heterocycles. The van der Waals surface area contributed by atoms with E-state index in [-0.39, 0.29) is 11.7 Å².